The molecule has 0 atom stereocenters. The molecule has 0 amide bonds. The van der Waals surface area contributed by atoms with Crippen molar-refractivity contribution in [3.8, 4) is 12.1 Å². The van der Waals surface area contributed by atoms with Gasteiger partial charge in [-0.05, 0) is 31.3 Å². The van der Waals surface area contributed by atoms with Gasteiger partial charge in [-0.2, -0.15) is 10.5 Å². The standard InChI is InChI=1S/C8H9N3O2S.C6H3ClN2.C2H7NO2S/c1-11(14(2,12)13)8-7(6-9)4-3-5-10-8;7-6-5(4-8)2-1-3-9-6;1-3-6(2,4)5/h3-5H,1-2H3;1-3H;3H,1-2H3. The molecule has 0 aliphatic heterocycles. The van der Waals surface area contributed by atoms with E-state index in [2.05, 4.69) is 14.7 Å². The quantitative estimate of drug-likeness (QED) is 0.670. The van der Waals surface area contributed by atoms with Gasteiger partial charge in [0.1, 0.15) is 17.3 Å². The number of nitriles is 2. The second kappa shape index (κ2) is 11.9. The SMILES string of the molecule is CN(c1ncccc1C#N)S(C)(=O)=O.CNS(C)(=O)=O.N#Cc1cccnc1Cl. The smallest absolute Gasteiger partial charge is 0.233 e. The molecule has 0 spiro atoms. The van der Waals surface area contributed by atoms with Crippen molar-refractivity contribution in [3.63, 3.8) is 0 Å². The highest BCUT2D eigenvalue weighted by molar-refractivity contribution is 7.92. The van der Waals surface area contributed by atoms with Gasteiger partial charge >= 0.3 is 0 Å². The van der Waals surface area contributed by atoms with E-state index in [1.54, 1.807) is 24.4 Å². The van der Waals surface area contributed by atoms with Crippen LogP contribution in [-0.2, 0) is 20.0 Å². The molecular weight excluding hydrogens is 440 g/mol. The second-order valence-electron chi connectivity index (χ2n) is 5.15. The summed E-state index contributed by atoms with van der Waals surface area (Å²) >= 11 is 5.49. The Balaban J connectivity index is 0.000000448. The number of rotatable bonds is 3. The van der Waals surface area contributed by atoms with Gasteiger partial charge in [-0.25, -0.2) is 31.5 Å². The lowest BCUT2D eigenvalue weighted by atomic mass is 10.3. The molecule has 2 aromatic rings. The topological polar surface area (TPSA) is 157 Å². The molecule has 1 N–H and O–H groups in total. The number of halogens is 1. The van der Waals surface area contributed by atoms with Crippen molar-refractivity contribution in [3.05, 3.63) is 52.9 Å². The van der Waals surface area contributed by atoms with Gasteiger partial charge in [0.05, 0.1) is 23.6 Å². The van der Waals surface area contributed by atoms with Gasteiger partial charge in [-0.1, -0.05) is 11.6 Å². The number of sulfonamides is 2. The van der Waals surface area contributed by atoms with E-state index in [4.69, 9.17) is 22.1 Å². The third-order valence-corrected chi connectivity index (χ3v) is 5.16. The molecular formula is C16H19ClN6O4S2. The highest BCUT2D eigenvalue weighted by Gasteiger charge is 2.16. The Hall–Kier alpha value is -2.77. The minimum atomic E-state index is -3.37. The Morgan fingerprint density at radius 2 is 1.45 bits per heavy atom. The monoisotopic (exact) mass is 458 g/mol. The number of hydrogen-bond donors (Lipinski definition) is 1. The van der Waals surface area contributed by atoms with Crippen LogP contribution in [0.4, 0.5) is 5.82 Å². The molecule has 156 valence electrons. The molecule has 2 rings (SSSR count). The summed E-state index contributed by atoms with van der Waals surface area (Å²) < 4.78 is 45.2. The summed E-state index contributed by atoms with van der Waals surface area (Å²) in [7, 11) is -3.55. The average Bonchev–Trinajstić information content (AvgIpc) is 2.67. The third-order valence-electron chi connectivity index (χ3n) is 2.95. The molecule has 2 aromatic heterocycles. The van der Waals surface area contributed by atoms with E-state index in [0.29, 0.717) is 5.56 Å². The van der Waals surface area contributed by atoms with E-state index < -0.39 is 20.0 Å². The van der Waals surface area contributed by atoms with Gasteiger partial charge in [-0.15, -0.1) is 0 Å². The van der Waals surface area contributed by atoms with Crippen LogP contribution in [0.3, 0.4) is 0 Å². The van der Waals surface area contributed by atoms with E-state index in [0.717, 1.165) is 16.8 Å². The van der Waals surface area contributed by atoms with Gasteiger partial charge < -0.3 is 0 Å². The predicted octanol–water partition coefficient (Wildman–Crippen LogP) is 1.12. The van der Waals surface area contributed by atoms with Crippen LogP contribution in [0, 0.1) is 22.7 Å². The Bertz CT molecular complexity index is 1110. The van der Waals surface area contributed by atoms with Crippen molar-refractivity contribution < 1.29 is 16.8 Å². The fourth-order valence-corrected chi connectivity index (χ4v) is 1.98. The lowest BCUT2D eigenvalue weighted by molar-refractivity contribution is 0.594. The Morgan fingerprint density at radius 1 is 1.00 bits per heavy atom. The van der Waals surface area contributed by atoms with Gasteiger partial charge in [0.15, 0.2) is 5.82 Å². The summed E-state index contributed by atoms with van der Waals surface area (Å²) in [5, 5.41) is 17.3. The molecule has 0 saturated carbocycles. The van der Waals surface area contributed by atoms with Crippen molar-refractivity contribution in [1.82, 2.24) is 14.7 Å². The molecule has 0 aliphatic carbocycles. The van der Waals surface area contributed by atoms with Gasteiger partial charge in [0, 0.05) is 19.4 Å². The predicted molar refractivity (Wildman–Crippen MR) is 110 cm³/mol. The van der Waals surface area contributed by atoms with Gasteiger partial charge in [-0.3, -0.25) is 4.31 Å². The first-order valence-corrected chi connectivity index (χ1v) is 11.7. The molecule has 0 fully saturated rings. The van der Waals surface area contributed by atoms with Crippen molar-refractivity contribution in [2.75, 3.05) is 30.9 Å². The molecule has 0 radical (unpaired) electrons. The zero-order chi connectivity index (χ0) is 22.7. The maximum absolute atomic E-state index is 11.2. The molecule has 0 unspecified atom stereocenters. The first kappa shape index (κ1) is 26.2. The number of anilines is 1. The first-order valence-electron chi connectivity index (χ1n) is 7.55. The van der Waals surface area contributed by atoms with Crippen LogP contribution < -0.4 is 9.03 Å². The normalized spacial score (nSPS) is 10.2. The van der Waals surface area contributed by atoms with Crippen molar-refractivity contribution in [2.24, 2.45) is 0 Å². The Morgan fingerprint density at radius 3 is 1.79 bits per heavy atom. The van der Waals surface area contributed by atoms with E-state index in [1.165, 1.54) is 26.4 Å². The second-order valence-corrected chi connectivity index (χ2v) is 9.47. The van der Waals surface area contributed by atoms with Crippen LogP contribution in [-0.4, -0.2) is 53.4 Å². The molecule has 0 saturated heterocycles. The van der Waals surface area contributed by atoms with E-state index >= 15 is 0 Å². The van der Waals surface area contributed by atoms with Crippen LogP contribution in [0.2, 0.25) is 5.15 Å². The lowest BCUT2D eigenvalue weighted by Gasteiger charge is -2.15. The molecule has 2 heterocycles. The van der Waals surface area contributed by atoms with Crippen LogP contribution in [0.5, 0.6) is 0 Å². The van der Waals surface area contributed by atoms with Crippen LogP contribution in [0.1, 0.15) is 11.1 Å². The third kappa shape index (κ3) is 10.4. The zero-order valence-corrected chi connectivity index (χ0v) is 18.4. The Labute approximate surface area is 175 Å². The molecule has 13 heteroatoms. The Kier molecular flexibility index (Phi) is 10.8. The number of nitrogens with zero attached hydrogens (tertiary/aromatic N) is 5. The lowest BCUT2D eigenvalue weighted by Crippen LogP contribution is -2.26. The minimum absolute atomic E-state index is 0.150. The molecule has 0 aliphatic rings. The fourth-order valence-electron chi connectivity index (χ4n) is 1.36. The summed E-state index contributed by atoms with van der Waals surface area (Å²) in [6.45, 7) is 0. The minimum Gasteiger partial charge on any atom is -0.256 e. The molecule has 10 nitrogen and oxygen atoms in total. The van der Waals surface area contributed by atoms with Crippen LogP contribution in [0.15, 0.2) is 36.7 Å². The van der Waals surface area contributed by atoms with Crippen molar-refractivity contribution in [2.45, 2.75) is 0 Å². The summed E-state index contributed by atoms with van der Waals surface area (Å²) in [5.74, 6) is 0.150. The molecule has 29 heavy (non-hydrogen) atoms. The first-order chi connectivity index (χ1) is 13.4. The van der Waals surface area contributed by atoms with Crippen molar-refractivity contribution >= 4 is 37.5 Å². The zero-order valence-electron chi connectivity index (χ0n) is 16.0. The number of aromatic nitrogens is 2. The number of nitrogens with one attached hydrogen (secondary N) is 1. The van der Waals surface area contributed by atoms with Crippen LogP contribution in [0.25, 0.3) is 0 Å². The van der Waals surface area contributed by atoms with E-state index in [1.807, 2.05) is 12.1 Å². The molecule has 0 bridgehead atoms. The van der Waals surface area contributed by atoms with E-state index in [9.17, 15) is 16.8 Å². The largest absolute Gasteiger partial charge is 0.256 e. The highest BCUT2D eigenvalue weighted by Crippen LogP contribution is 2.16. The maximum atomic E-state index is 11.2. The maximum Gasteiger partial charge on any atom is 0.233 e. The summed E-state index contributed by atoms with van der Waals surface area (Å²) in [5.41, 5.74) is 0.652. The van der Waals surface area contributed by atoms with Crippen molar-refractivity contribution in [1.29, 1.82) is 10.5 Å². The number of hydrogen-bond acceptors (Lipinski definition) is 8. The highest BCUT2D eigenvalue weighted by atomic mass is 35.5. The summed E-state index contributed by atoms with van der Waals surface area (Å²) in [6.07, 6.45) is 5.15. The van der Waals surface area contributed by atoms with Crippen LogP contribution >= 0.6 is 11.6 Å². The molecule has 0 aromatic carbocycles. The van der Waals surface area contributed by atoms with Gasteiger partial charge in [0.25, 0.3) is 0 Å². The van der Waals surface area contributed by atoms with E-state index in [-0.39, 0.29) is 16.5 Å². The fraction of sp³-hybridized carbons (Fsp3) is 0.250. The number of pyridine rings is 2. The average molecular weight is 459 g/mol. The summed E-state index contributed by atoms with van der Waals surface area (Å²) in [6, 6.07) is 10.2. The summed E-state index contributed by atoms with van der Waals surface area (Å²) in [4.78, 5) is 7.53. The van der Waals surface area contributed by atoms with Gasteiger partial charge in [0.2, 0.25) is 20.0 Å².